The van der Waals surface area contributed by atoms with Crippen molar-refractivity contribution in [1.29, 1.82) is 0 Å². The smallest absolute Gasteiger partial charge is 0.319 e. The molecule has 0 aliphatic rings. The highest BCUT2D eigenvalue weighted by Gasteiger charge is 2.24. The summed E-state index contributed by atoms with van der Waals surface area (Å²) in [5.74, 6) is 0. The molecule has 2 amide bonds. The van der Waals surface area contributed by atoms with Gasteiger partial charge in [-0.2, -0.15) is 0 Å². The fourth-order valence-corrected chi connectivity index (χ4v) is 3.01. The van der Waals surface area contributed by atoms with E-state index in [1.54, 1.807) is 6.92 Å². The van der Waals surface area contributed by atoms with E-state index in [1.807, 2.05) is 41.8 Å². The Hall–Kier alpha value is -1.85. The summed E-state index contributed by atoms with van der Waals surface area (Å²) < 4.78 is 0. The van der Waals surface area contributed by atoms with Gasteiger partial charge in [-0.1, -0.05) is 37.6 Å². The second kappa shape index (κ2) is 7.42. The van der Waals surface area contributed by atoms with Crippen LogP contribution in [0.3, 0.4) is 0 Å². The highest BCUT2D eigenvalue weighted by Crippen LogP contribution is 2.24. The molecule has 5 heteroatoms. The number of carbonyl (C=O) groups excluding carboxylic acids is 1. The molecule has 0 bridgehead atoms. The first-order chi connectivity index (χ1) is 10.5. The van der Waals surface area contributed by atoms with Gasteiger partial charge in [0, 0.05) is 10.6 Å². The van der Waals surface area contributed by atoms with Gasteiger partial charge in [-0.15, -0.1) is 11.3 Å². The van der Waals surface area contributed by atoms with Crippen LogP contribution in [-0.4, -0.2) is 17.7 Å². The first kappa shape index (κ1) is 16.5. The van der Waals surface area contributed by atoms with Crippen molar-refractivity contribution < 1.29 is 9.90 Å². The predicted octanol–water partition coefficient (Wildman–Crippen LogP) is 3.73. The van der Waals surface area contributed by atoms with Crippen LogP contribution in [0.2, 0.25) is 0 Å². The molecular weight excluding hydrogens is 296 g/mol. The molecule has 3 N–H and O–H groups in total. The summed E-state index contributed by atoms with van der Waals surface area (Å²) in [7, 11) is 0. The summed E-state index contributed by atoms with van der Waals surface area (Å²) in [5.41, 5.74) is 0.872. The van der Waals surface area contributed by atoms with Gasteiger partial charge in [0.15, 0.2) is 0 Å². The predicted molar refractivity (Wildman–Crippen MR) is 91.3 cm³/mol. The first-order valence-electron chi connectivity index (χ1n) is 7.42. The Morgan fingerprint density at radius 3 is 2.73 bits per heavy atom. The summed E-state index contributed by atoms with van der Waals surface area (Å²) >= 11 is 1.47. The lowest BCUT2D eigenvalue weighted by atomic mass is 10.1. The second-order valence-electron chi connectivity index (χ2n) is 5.47. The standard InChI is InChI=1S/C17H22N2O2S/c1-3-7-13-8-4-5-9-14(13)19-16(20)18-12-17(2,21)15-10-6-11-22-15/h4-6,8-11,21H,3,7,12H2,1-2H3,(H2,18,19,20). The van der Waals surface area contributed by atoms with E-state index >= 15 is 0 Å². The number of rotatable bonds is 6. The number of amides is 2. The Morgan fingerprint density at radius 1 is 1.27 bits per heavy atom. The van der Waals surface area contributed by atoms with Crippen molar-refractivity contribution in [2.24, 2.45) is 0 Å². The number of hydrogen-bond acceptors (Lipinski definition) is 3. The van der Waals surface area contributed by atoms with E-state index in [9.17, 15) is 9.90 Å². The van der Waals surface area contributed by atoms with E-state index < -0.39 is 5.60 Å². The van der Waals surface area contributed by atoms with Gasteiger partial charge in [0.1, 0.15) is 5.60 Å². The minimum Gasteiger partial charge on any atom is -0.383 e. The first-order valence-corrected chi connectivity index (χ1v) is 8.30. The number of para-hydroxylation sites is 1. The van der Waals surface area contributed by atoms with Gasteiger partial charge >= 0.3 is 6.03 Å². The quantitative estimate of drug-likeness (QED) is 0.760. The molecule has 118 valence electrons. The normalized spacial score (nSPS) is 13.4. The van der Waals surface area contributed by atoms with Gasteiger partial charge in [-0.25, -0.2) is 4.79 Å². The number of aliphatic hydroxyl groups is 1. The largest absolute Gasteiger partial charge is 0.383 e. The molecule has 2 rings (SSSR count). The molecule has 0 saturated carbocycles. The number of aryl methyl sites for hydroxylation is 1. The highest BCUT2D eigenvalue weighted by atomic mass is 32.1. The number of urea groups is 1. The number of carbonyl (C=O) groups is 1. The molecule has 1 unspecified atom stereocenters. The van der Waals surface area contributed by atoms with Crippen LogP contribution in [-0.2, 0) is 12.0 Å². The van der Waals surface area contributed by atoms with Crippen LogP contribution >= 0.6 is 11.3 Å². The third kappa shape index (κ3) is 4.32. The maximum Gasteiger partial charge on any atom is 0.319 e. The number of anilines is 1. The molecule has 1 atom stereocenters. The van der Waals surface area contributed by atoms with Crippen molar-refractivity contribution in [3.05, 3.63) is 52.2 Å². The van der Waals surface area contributed by atoms with Crippen LogP contribution in [0.5, 0.6) is 0 Å². The average molecular weight is 318 g/mol. The van der Waals surface area contributed by atoms with E-state index in [4.69, 9.17) is 0 Å². The van der Waals surface area contributed by atoms with Gasteiger partial charge in [-0.05, 0) is 36.4 Å². The number of thiophene rings is 1. The molecule has 1 aromatic carbocycles. The van der Waals surface area contributed by atoms with Gasteiger partial charge in [-0.3, -0.25) is 0 Å². The summed E-state index contributed by atoms with van der Waals surface area (Å²) in [5, 5.41) is 17.9. The minimum atomic E-state index is -1.06. The summed E-state index contributed by atoms with van der Waals surface area (Å²) in [4.78, 5) is 12.9. The van der Waals surface area contributed by atoms with Crippen LogP contribution in [0.1, 0.15) is 30.7 Å². The molecule has 1 heterocycles. The summed E-state index contributed by atoms with van der Waals surface area (Å²) in [6, 6.07) is 11.2. The Bertz CT molecular complexity index is 609. The van der Waals surface area contributed by atoms with Crippen molar-refractivity contribution in [3.8, 4) is 0 Å². The zero-order chi connectivity index (χ0) is 16.0. The van der Waals surface area contributed by atoms with Gasteiger partial charge in [0.05, 0.1) is 6.54 Å². The van der Waals surface area contributed by atoms with Crippen LogP contribution in [0.4, 0.5) is 10.5 Å². The molecule has 0 radical (unpaired) electrons. The van der Waals surface area contributed by atoms with E-state index in [0.29, 0.717) is 0 Å². The third-order valence-corrected chi connectivity index (χ3v) is 4.55. The molecule has 0 saturated heterocycles. The van der Waals surface area contributed by atoms with E-state index in [1.165, 1.54) is 11.3 Å². The fraction of sp³-hybridized carbons (Fsp3) is 0.353. The summed E-state index contributed by atoms with van der Waals surface area (Å²) in [6.45, 7) is 3.97. The second-order valence-corrected chi connectivity index (χ2v) is 6.41. The number of nitrogens with one attached hydrogen (secondary N) is 2. The number of hydrogen-bond donors (Lipinski definition) is 3. The maximum atomic E-state index is 12.1. The lowest BCUT2D eigenvalue weighted by molar-refractivity contribution is 0.0637. The van der Waals surface area contributed by atoms with Crippen LogP contribution in [0.15, 0.2) is 41.8 Å². The molecule has 4 nitrogen and oxygen atoms in total. The van der Waals surface area contributed by atoms with Crippen molar-refractivity contribution in [2.75, 3.05) is 11.9 Å². The van der Waals surface area contributed by atoms with Crippen molar-refractivity contribution in [1.82, 2.24) is 5.32 Å². The van der Waals surface area contributed by atoms with E-state index in [0.717, 1.165) is 29.0 Å². The monoisotopic (exact) mass is 318 g/mol. The van der Waals surface area contributed by atoms with Gasteiger partial charge < -0.3 is 15.7 Å². The van der Waals surface area contributed by atoms with Crippen molar-refractivity contribution in [2.45, 2.75) is 32.3 Å². The zero-order valence-electron chi connectivity index (χ0n) is 12.9. The van der Waals surface area contributed by atoms with E-state index in [2.05, 4.69) is 17.6 Å². The minimum absolute atomic E-state index is 0.162. The molecular formula is C17H22N2O2S. The fourth-order valence-electron chi connectivity index (χ4n) is 2.22. The lowest BCUT2D eigenvalue weighted by Crippen LogP contribution is -2.40. The van der Waals surface area contributed by atoms with Crippen LogP contribution in [0.25, 0.3) is 0 Å². The SMILES string of the molecule is CCCc1ccccc1NC(=O)NCC(C)(O)c1cccs1. The summed E-state index contributed by atoms with van der Waals surface area (Å²) in [6.07, 6.45) is 1.94. The van der Waals surface area contributed by atoms with Gasteiger partial charge in [0.2, 0.25) is 0 Å². The molecule has 0 fully saturated rings. The Labute approximate surface area is 135 Å². The van der Waals surface area contributed by atoms with E-state index in [-0.39, 0.29) is 12.6 Å². The molecule has 1 aromatic heterocycles. The number of benzene rings is 1. The van der Waals surface area contributed by atoms with Crippen LogP contribution < -0.4 is 10.6 Å². The highest BCUT2D eigenvalue weighted by molar-refractivity contribution is 7.10. The van der Waals surface area contributed by atoms with Crippen molar-refractivity contribution >= 4 is 23.1 Å². The maximum absolute atomic E-state index is 12.1. The van der Waals surface area contributed by atoms with Gasteiger partial charge in [0.25, 0.3) is 0 Å². The molecule has 0 aliphatic heterocycles. The van der Waals surface area contributed by atoms with Crippen molar-refractivity contribution in [3.63, 3.8) is 0 Å². The van der Waals surface area contributed by atoms with Crippen LogP contribution in [0, 0.1) is 0 Å². The lowest BCUT2D eigenvalue weighted by Gasteiger charge is -2.22. The molecule has 0 aliphatic carbocycles. The Balaban J connectivity index is 1.94. The average Bonchev–Trinajstić information content (AvgIpc) is 3.03. The Kier molecular flexibility index (Phi) is 5.57. The molecule has 0 spiro atoms. The zero-order valence-corrected chi connectivity index (χ0v) is 13.7. The Morgan fingerprint density at radius 2 is 2.05 bits per heavy atom. The molecule has 22 heavy (non-hydrogen) atoms. The molecule has 2 aromatic rings. The topological polar surface area (TPSA) is 61.4 Å². The third-order valence-electron chi connectivity index (χ3n) is 3.43.